The summed E-state index contributed by atoms with van der Waals surface area (Å²) in [6.07, 6.45) is 3.53. The van der Waals surface area contributed by atoms with Crippen LogP contribution in [0.5, 0.6) is 5.75 Å². The SMILES string of the molecule is Cc1ccccc1OCCN(C)CC(=O)NC1(C#N)CCCC1. The molecule has 0 aromatic heterocycles. The second-order valence-corrected chi connectivity index (χ2v) is 6.30. The van der Waals surface area contributed by atoms with Gasteiger partial charge in [0.25, 0.3) is 0 Å². The number of carbonyl (C=O) groups is 1. The fourth-order valence-electron chi connectivity index (χ4n) is 2.90. The highest BCUT2D eigenvalue weighted by atomic mass is 16.5. The largest absolute Gasteiger partial charge is 0.492 e. The van der Waals surface area contributed by atoms with Crippen LogP contribution in [0, 0.1) is 18.3 Å². The minimum atomic E-state index is -0.643. The van der Waals surface area contributed by atoms with E-state index in [9.17, 15) is 10.1 Å². The Balaban J connectivity index is 1.72. The fraction of sp³-hybridized carbons (Fsp3) is 0.556. The maximum Gasteiger partial charge on any atom is 0.235 e. The molecule has 0 heterocycles. The Hall–Kier alpha value is -2.06. The molecule has 5 nitrogen and oxygen atoms in total. The number of benzene rings is 1. The Morgan fingerprint density at radius 3 is 2.74 bits per heavy atom. The molecule has 0 bridgehead atoms. The lowest BCUT2D eigenvalue weighted by Crippen LogP contribution is -2.48. The molecule has 0 aliphatic heterocycles. The quantitative estimate of drug-likeness (QED) is 0.838. The number of para-hydroxylation sites is 1. The zero-order valence-electron chi connectivity index (χ0n) is 14.0. The molecule has 1 aromatic carbocycles. The van der Waals surface area contributed by atoms with Crippen molar-refractivity contribution in [2.45, 2.75) is 38.1 Å². The van der Waals surface area contributed by atoms with Gasteiger partial charge in [-0.2, -0.15) is 5.26 Å². The second-order valence-electron chi connectivity index (χ2n) is 6.30. The summed E-state index contributed by atoms with van der Waals surface area (Å²) in [6, 6.07) is 10.2. The molecule has 5 heteroatoms. The van der Waals surface area contributed by atoms with E-state index in [-0.39, 0.29) is 12.5 Å². The van der Waals surface area contributed by atoms with Gasteiger partial charge in [0.05, 0.1) is 12.6 Å². The molecule has 2 rings (SSSR count). The van der Waals surface area contributed by atoms with Crippen LogP contribution in [-0.2, 0) is 4.79 Å². The Labute approximate surface area is 138 Å². The van der Waals surface area contributed by atoms with Crippen molar-refractivity contribution in [1.29, 1.82) is 5.26 Å². The van der Waals surface area contributed by atoms with E-state index in [2.05, 4.69) is 11.4 Å². The molecule has 1 saturated carbocycles. The third-order valence-electron chi connectivity index (χ3n) is 4.29. The van der Waals surface area contributed by atoms with Crippen molar-refractivity contribution < 1.29 is 9.53 Å². The van der Waals surface area contributed by atoms with Crippen molar-refractivity contribution in [3.05, 3.63) is 29.8 Å². The van der Waals surface area contributed by atoms with E-state index in [1.807, 2.05) is 43.1 Å². The van der Waals surface area contributed by atoms with Gasteiger partial charge in [0.15, 0.2) is 0 Å². The molecule has 23 heavy (non-hydrogen) atoms. The van der Waals surface area contributed by atoms with Crippen molar-refractivity contribution in [3.8, 4) is 11.8 Å². The maximum atomic E-state index is 12.1. The summed E-state index contributed by atoms with van der Waals surface area (Å²) < 4.78 is 5.74. The van der Waals surface area contributed by atoms with Gasteiger partial charge in [0.1, 0.15) is 17.9 Å². The Kier molecular flexibility index (Phi) is 6.00. The second kappa shape index (κ2) is 7.98. The first kappa shape index (κ1) is 17.3. The van der Waals surface area contributed by atoms with Gasteiger partial charge in [-0.25, -0.2) is 0 Å². The van der Waals surface area contributed by atoms with Crippen molar-refractivity contribution in [1.82, 2.24) is 10.2 Å². The number of hydrogen-bond acceptors (Lipinski definition) is 4. The number of rotatable bonds is 7. The van der Waals surface area contributed by atoms with Crippen molar-refractivity contribution in [2.75, 3.05) is 26.7 Å². The van der Waals surface area contributed by atoms with E-state index < -0.39 is 5.54 Å². The topological polar surface area (TPSA) is 65.4 Å². The zero-order valence-corrected chi connectivity index (χ0v) is 14.0. The van der Waals surface area contributed by atoms with Gasteiger partial charge < -0.3 is 10.1 Å². The first-order chi connectivity index (χ1) is 11.0. The zero-order chi connectivity index (χ0) is 16.7. The van der Waals surface area contributed by atoms with E-state index >= 15 is 0 Å². The molecule has 0 radical (unpaired) electrons. The smallest absolute Gasteiger partial charge is 0.235 e. The van der Waals surface area contributed by atoms with Crippen LogP contribution in [0.3, 0.4) is 0 Å². The lowest BCUT2D eigenvalue weighted by atomic mass is 10.00. The maximum absolute atomic E-state index is 12.1. The highest BCUT2D eigenvalue weighted by molar-refractivity contribution is 5.79. The molecule has 1 aliphatic rings. The molecule has 1 N–H and O–H groups in total. The van der Waals surface area contributed by atoms with Crippen LogP contribution in [0.4, 0.5) is 0 Å². The Morgan fingerprint density at radius 2 is 2.09 bits per heavy atom. The number of carbonyl (C=O) groups excluding carboxylic acids is 1. The predicted molar refractivity (Wildman–Crippen MR) is 89.1 cm³/mol. The summed E-state index contributed by atoms with van der Waals surface area (Å²) in [5.41, 5.74) is 0.459. The van der Waals surface area contributed by atoms with E-state index in [1.165, 1.54) is 0 Å². The standard InChI is InChI=1S/C18H25N3O2/c1-15-7-3-4-8-16(15)23-12-11-21(2)13-17(22)20-18(14-19)9-5-6-10-18/h3-4,7-8H,5-6,9-13H2,1-2H3,(H,20,22). The van der Waals surface area contributed by atoms with E-state index in [0.717, 1.165) is 37.0 Å². The highest BCUT2D eigenvalue weighted by Crippen LogP contribution is 2.28. The molecule has 1 aromatic rings. The van der Waals surface area contributed by atoms with Crippen LogP contribution in [0.15, 0.2) is 24.3 Å². The molecule has 124 valence electrons. The van der Waals surface area contributed by atoms with Gasteiger partial charge in [-0.05, 0) is 51.3 Å². The Bertz CT molecular complexity index is 574. The van der Waals surface area contributed by atoms with Crippen LogP contribution in [0.2, 0.25) is 0 Å². The summed E-state index contributed by atoms with van der Waals surface area (Å²) in [6.45, 7) is 3.47. The molecule has 1 aliphatic carbocycles. The summed E-state index contributed by atoms with van der Waals surface area (Å²) >= 11 is 0. The van der Waals surface area contributed by atoms with Crippen LogP contribution in [0.1, 0.15) is 31.2 Å². The number of aryl methyl sites for hydroxylation is 1. The van der Waals surface area contributed by atoms with Crippen molar-refractivity contribution in [3.63, 3.8) is 0 Å². The average molecular weight is 315 g/mol. The lowest BCUT2D eigenvalue weighted by molar-refractivity contribution is -0.123. The van der Waals surface area contributed by atoms with Gasteiger partial charge in [-0.15, -0.1) is 0 Å². The van der Waals surface area contributed by atoms with E-state index in [1.54, 1.807) is 0 Å². The fourth-order valence-corrected chi connectivity index (χ4v) is 2.90. The number of nitrogens with one attached hydrogen (secondary N) is 1. The van der Waals surface area contributed by atoms with Gasteiger partial charge >= 0.3 is 0 Å². The normalized spacial score (nSPS) is 16.1. The lowest BCUT2D eigenvalue weighted by Gasteiger charge is -2.24. The summed E-state index contributed by atoms with van der Waals surface area (Å²) in [7, 11) is 1.88. The molecule has 1 amide bonds. The van der Waals surface area contributed by atoms with Gasteiger partial charge in [0, 0.05) is 6.54 Å². The summed E-state index contributed by atoms with van der Waals surface area (Å²) in [5.74, 6) is 0.784. The van der Waals surface area contributed by atoms with Crippen LogP contribution in [0.25, 0.3) is 0 Å². The van der Waals surface area contributed by atoms with Crippen LogP contribution >= 0.6 is 0 Å². The number of nitriles is 1. The number of hydrogen-bond donors (Lipinski definition) is 1. The van der Waals surface area contributed by atoms with Crippen LogP contribution in [-0.4, -0.2) is 43.1 Å². The minimum absolute atomic E-state index is 0.0909. The van der Waals surface area contributed by atoms with Crippen molar-refractivity contribution in [2.24, 2.45) is 0 Å². The van der Waals surface area contributed by atoms with Crippen molar-refractivity contribution >= 4 is 5.91 Å². The van der Waals surface area contributed by atoms with Gasteiger partial charge in [-0.3, -0.25) is 9.69 Å². The molecule has 0 atom stereocenters. The highest BCUT2D eigenvalue weighted by Gasteiger charge is 2.35. The summed E-state index contributed by atoms with van der Waals surface area (Å²) in [4.78, 5) is 14.0. The molecule has 1 fully saturated rings. The molecule has 0 spiro atoms. The van der Waals surface area contributed by atoms with Gasteiger partial charge in [-0.1, -0.05) is 18.2 Å². The monoisotopic (exact) mass is 315 g/mol. The Morgan fingerprint density at radius 1 is 1.39 bits per heavy atom. The van der Waals surface area contributed by atoms with Gasteiger partial charge in [0.2, 0.25) is 5.91 Å². The number of ether oxygens (including phenoxy) is 1. The third-order valence-corrected chi connectivity index (χ3v) is 4.29. The molecular weight excluding hydrogens is 290 g/mol. The molecular formula is C18H25N3O2. The molecule has 0 unspecified atom stereocenters. The number of amides is 1. The van der Waals surface area contributed by atoms with E-state index in [4.69, 9.17) is 4.74 Å². The first-order valence-corrected chi connectivity index (χ1v) is 8.14. The van der Waals surface area contributed by atoms with Crippen LogP contribution < -0.4 is 10.1 Å². The number of nitrogens with zero attached hydrogens (tertiary/aromatic N) is 2. The van der Waals surface area contributed by atoms with E-state index in [0.29, 0.717) is 13.2 Å². The average Bonchev–Trinajstić information content (AvgIpc) is 2.98. The molecule has 0 saturated heterocycles. The minimum Gasteiger partial charge on any atom is -0.492 e. The number of likely N-dealkylation sites (N-methyl/N-ethyl adjacent to an activating group) is 1. The first-order valence-electron chi connectivity index (χ1n) is 8.14. The predicted octanol–water partition coefficient (Wildman–Crippen LogP) is 2.26. The summed E-state index contributed by atoms with van der Waals surface area (Å²) in [5, 5.41) is 12.2. The third kappa shape index (κ3) is 4.97.